The molecule has 0 saturated carbocycles. The molecule has 0 aromatic heterocycles. The van der Waals surface area contributed by atoms with E-state index < -0.39 is 0 Å². The lowest BCUT2D eigenvalue weighted by molar-refractivity contribution is 0.0520. The number of nitrogens with one attached hydrogen (secondary N) is 1. The summed E-state index contributed by atoms with van der Waals surface area (Å²) in [4.78, 5) is 41.1. The lowest BCUT2D eigenvalue weighted by Crippen LogP contribution is -2.35. The quantitative estimate of drug-likeness (QED) is 0.0830. The molecule has 4 aromatic carbocycles. The molecule has 4 aromatic rings. The topological polar surface area (TPSA) is 150 Å². The number of rotatable bonds is 16. The van der Waals surface area contributed by atoms with Crippen molar-refractivity contribution in [2.45, 2.75) is 71.9 Å². The minimum Gasteiger partial charge on any atom is -0.497 e. The molecule has 4 aliphatic rings. The monoisotopic (exact) mass is 852 g/mol. The summed E-state index contributed by atoms with van der Waals surface area (Å²) in [5, 5.41) is 0. The first-order chi connectivity index (χ1) is 30.4. The third-order valence-corrected chi connectivity index (χ3v) is 13.0. The van der Waals surface area contributed by atoms with Crippen LogP contribution < -0.4 is 35.0 Å². The number of hydrazine groups is 1. The maximum absolute atomic E-state index is 14.0. The van der Waals surface area contributed by atoms with Crippen LogP contribution >= 0.6 is 0 Å². The number of hydrogen-bond donors (Lipinski definition) is 2. The molecule has 328 valence electrons. The lowest BCUT2D eigenvalue weighted by atomic mass is 9.71. The van der Waals surface area contributed by atoms with Gasteiger partial charge >= 0.3 is 0 Å². The van der Waals surface area contributed by atoms with E-state index in [1.165, 1.54) is 0 Å². The van der Waals surface area contributed by atoms with Crippen molar-refractivity contribution in [3.05, 3.63) is 107 Å². The summed E-state index contributed by atoms with van der Waals surface area (Å²) in [5.74, 6) is 8.04. The zero-order valence-electron chi connectivity index (χ0n) is 37.1. The SMILES string of the molecule is CCC(C)(COc1cc2c(cc1OC)C(=O)N1C=C(c3ccc(NN)cc3)CC1C=N2)CC(C)(CC)COc1cc2c(cc1OC)C(=O)N1C=C(c3ccc(OC)cc3)CC1C=N2. The van der Waals surface area contributed by atoms with Gasteiger partial charge in [-0.15, -0.1) is 0 Å². The van der Waals surface area contributed by atoms with E-state index in [0.29, 0.717) is 71.6 Å². The Morgan fingerprint density at radius 2 is 1.10 bits per heavy atom. The van der Waals surface area contributed by atoms with Gasteiger partial charge < -0.3 is 38.9 Å². The van der Waals surface area contributed by atoms with Crippen LogP contribution in [-0.4, -0.2) is 80.7 Å². The number of methoxy groups -OCH3 is 3. The van der Waals surface area contributed by atoms with Crippen LogP contribution in [0.25, 0.3) is 11.1 Å². The van der Waals surface area contributed by atoms with Crippen molar-refractivity contribution in [2.75, 3.05) is 40.0 Å². The number of benzene rings is 4. The molecule has 3 N–H and O–H groups in total. The molecule has 0 fully saturated rings. The molecule has 13 nitrogen and oxygen atoms in total. The average Bonchev–Trinajstić information content (AvgIpc) is 3.90. The number of hydrogen-bond acceptors (Lipinski definition) is 11. The van der Waals surface area contributed by atoms with Crippen molar-refractivity contribution in [1.29, 1.82) is 0 Å². The largest absolute Gasteiger partial charge is 0.497 e. The second kappa shape index (κ2) is 17.6. The summed E-state index contributed by atoms with van der Waals surface area (Å²) in [7, 11) is 4.81. The first-order valence-corrected chi connectivity index (χ1v) is 21.5. The van der Waals surface area contributed by atoms with Gasteiger partial charge in [0, 0.05) is 66.3 Å². The Morgan fingerprint density at radius 3 is 1.49 bits per heavy atom. The van der Waals surface area contributed by atoms with E-state index in [0.717, 1.165) is 53.0 Å². The predicted molar refractivity (Wildman–Crippen MR) is 247 cm³/mol. The minimum atomic E-state index is -0.258. The van der Waals surface area contributed by atoms with Crippen LogP contribution in [0.5, 0.6) is 28.7 Å². The fourth-order valence-corrected chi connectivity index (χ4v) is 8.82. The summed E-state index contributed by atoms with van der Waals surface area (Å²) >= 11 is 0. The summed E-state index contributed by atoms with van der Waals surface area (Å²) in [6, 6.07) is 22.3. The van der Waals surface area contributed by atoms with Crippen LogP contribution in [0.1, 0.15) is 91.6 Å². The third-order valence-electron chi connectivity index (χ3n) is 13.0. The van der Waals surface area contributed by atoms with Crippen LogP contribution in [0.15, 0.2) is 95.2 Å². The first-order valence-electron chi connectivity index (χ1n) is 21.5. The van der Waals surface area contributed by atoms with Crippen molar-refractivity contribution in [3.8, 4) is 28.7 Å². The highest BCUT2D eigenvalue weighted by molar-refractivity contribution is 6.06. The first kappa shape index (κ1) is 43.1. The van der Waals surface area contributed by atoms with Gasteiger partial charge in [-0.05, 0) is 77.9 Å². The third kappa shape index (κ3) is 8.62. The van der Waals surface area contributed by atoms with Crippen molar-refractivity contribution in [1.82, 2.24) is 9.80 Å². The molecular formula is C50H56N6O7. The minimum absolute atomic E-state index is 0.141. The van der Waals surface area contributed by atoms with Crippen molar-refractivity contribution in [3.63, 3.8) is 0 Å². The number of nitrogen functional groups attached to an aromatic ring is 1. The van der Waals surface area contributed by atoms with E-state index in [-0.39, 0.29) is 34.7 Å². The maximum atomic E-state index is 14.0. The highest BCUT2D eigenvalue weighted by Gasteiger charge is 2.38. The second-order valence-electron chi connectivity index (χ2n) is 17.4. The number of anilines is 1. The number of aliphatic imine (C=N–C) groups is 2. The van der Waals surface area contributed by atoms with Crippen LogP contribution in [0.4, 0.5) is 17.1 Å². The maximum Gasteiger partial charge on any atom is 0.260 e. The van der Waals surface area contributed by atoms with Gasteiger partial charge in [0.25, 0.3) is 11.8 Å². The number of nitrogens with two attached hydrogens (primary N) is 1. The number of carbonyl (C=O) groups is 2. The Hall–Kier alpha value is -6.60. The molecule has 0 aliphatic carbocycles. The van der Waals surface area contributed by atoms with Gasteiger partial charge in [-0.1, -0.05) is 52.0 Å². The molecule has 2 amide bonds. The van der Waals surface area contributed by atoms with Crippen molar-refractivity contribution < 1.29 is 33.3 Å². The van der Waals surface area contributed by atoms with Crippen LogP contribution in [-0.2, 0) is 0 Å². The van der Waals surface area contributed by atoms with Gasteiger partial charge in [0.15, 0.2) is 23.0 Å². The second-order valence-corrected chi connectivity index (χ2v) is 17.4. The molecule has 0 saturated heterocycles. The number of carbonyl (C=O) groups excluding carboxylic acids is 2. The Kier molecular flexibility index (Phi) is 12.1. The molecule has 4 unspecified atom stereocenters. The fraction of sp³-hybridized carbons (Fsp3) is 0.360. The molecule has 8 rings (SSSR count). The van der Waals surface area contributed by atoms with E-state index in [1.807, 2.05) is 85.5 Å². The van der Waals surface area contributed by atoms with Gasteiger partial charge in [0.05, 0.1) is 69.1 Å². The fourth-order valence-electron chi connectivity index (χ4n) is 8.82. The molecule has 4 aliphatic heterocycles. The standard InChI is InChI=1S/C50H56N6O7/c1-8-49(3,29-62-45-22-41-39(20-43(45)60-6)47(57)55-26-33(18-36(55)24-52-41)31-10-14-35(54-51)15-11-31)28-50(4,9-2)30-63-46-23-42-40(21-44(46)61-7)48(58)56-27-34(19-37(56)25-53-42)32-12-16-38(59-5)17-13-32/h10-17,20-27,36-37,54H,8-9,18-19,28-30,51H2,1-7H3. The summed E-state index contributed by atoms with van der Waals surface area (Å²) in [6.45, 7) is 9.58. The van der Waals surface area contributed by atoms with Gasteiger partial charge in [-0.25, -0.2) is 0 Å². The van der Waals surface area contributed by atoms with E-state index in [4.69, 9.17) is 39.5 Å². The molecular weight excluding hydrogens is 797 g/mol. The zero-order valence-corrected chi connectivity index (χ0v) is 37.1. The van der Waals surface area contributed by atoms with Gasteiger partial charge in [-0.3, -0.25) is 25.4 Å². The molecule has 0 spiro atoms. The van der Waals surface area contributed by atoms with E-state index in [2.05, 4.69) is 33.1 Å². The number of amides is 2. The van der Waals surface area contributed by atoms with Crippen LogP contribution in [0, 0.1) is 10.8 Å². The van der Waals surface area contributed by atoms with Crippen LogP contribution in [0.3, 0.4) is 0 Å². The van der Waals surface area contributed by atoms with Gasteiger partial charge in [0.2, 0.25) is 0 Å². The smallest absolute Gasteiger partial charge is 0.260 e. The zero-order chi connectivity index (χ0) is 44.5. The number of ether oxygens (including phenoxy) is 5. The molecule has 4 heterocycles. The predicted octanol–water partition coefficient (Wildman–Crippen LogP) is 9.62. The Labute approximate surface area is 369 Å². The molecule has 63 heavy (non-hydrogen) atoms. The molecule has 13 heteroatoms. The van der Waals surface area contributed by atoms with E-state index in [1.54, 1.807) is 43.3 Å². The van der Waals surface area contributed by atoms with E-state index in [9.17, 15) is 9.59 Å². The number of nitrogens with zero attached hydrogens (tertiary/aromatic N) is 4. The van der Waals surface area contributed by atoms with Gasteiger partial charge in [-0.2, -0.15) is 0 Å². The van der Waals surface area contributed by atoms with Crippen molar-refractivity contribution in [2.24, 2.45) is 26.7 Å². The molecule has 0 radical (unpaired) electrons. The van der Waals surface area contributed by atoms with E-state index >= 15 is 0 Å². The van der Waals surface area contributed by atoms with Crippen LogP contribution in [0.2, 0.25) is 0 Å². The summed E-state index contributed by atoms with van der Waals surface area (Å²) in [5.41, 5.74) is 9.10. The molecule has 4 atom stereocenters. The Bertz CT molecular complexity index is 2340. The Balaban J connectivity index is 0.945. The normalized spacial score (nSPS) is 19.3. The average molecular weight is 853 g/mol. The summed E-state index contributed by atoms with van der Waals surface area (Å²) < 4.78 is 30.1. The highest BCUT2D eigenvalue weighted by atomic mass is 16.5. The summed E-state index contributed by atoms with van der Waals surface area (Å²) in [6.07, 6.45) is 11.3. The Morgan fingerprint density at radius 1 is 0.651 bits per heavy atom. The number of fused-ring (bicyclic) bond motifs is 4. The van der Waals surface area contributed by atoms with Crippen molar-refractivity contribution >= 4 is 52.5 Å². The molecule has 0 bridgehead atoms. The lowest BCUT2D eigenvalue weighted by Gasteiger charge is -2.38. The highest BCUT2D eigenvalue weighted by Crippen LogP contribution is 2.45. The van der Waals surface area contributed by atoms with Gasteiger partial charge in [0.1, 0.15) is 5.75 Å².